The average Bonchev–Trinajstić information content (AvgIpc) is 2.97. The summed E-state index contributed by atoms with van der Waals surface area (Å²) in [6.07, 6.45) is 3.66. The minimum absolute atomic E-state index is 0.399. The molecule has 3 rings (SSSR count). The molecule has 1 aliphatic carbocycles. The van der Waals surface area contributed by atoms with E-state index in [0.717, 1.165) is 28.3 Å². The molecule has 1 saturated carbocycles. The summed E-state index contributed by atoms with van der Waals surface area (Å²) in [6.45, 7) is 2.27. The van der Waals surface area contributed by atoms with Crippen molar-refractivity contribution in [2.24, 2.45) is 5.92 Å². The lowest BCUT2D eigenvalue weighted by molar-refractivity contribution is 0.407. The third-order valence-electron chi connectivity index (χ3n) is 4.09. The van der Waals surface area contributed by atoms with Gasteiger partial charge in [-0.25, -0.2) is 0 Å². The Morgan fingerprint density at radius 2 is 2.00 bits per heavy atom. The van der Waals surface area contributed by atoms with Gasteiger partial charge in [0, 0.05) is 10.9 Å². The zero-order valence-electron chi connectivity index (χ0n) is 10.9. The minimum Gasteiger partial charge on any atom is -0.367 e. The fraction of sp³-hybridized carbons (Fsp3) is 0.400. The molecule has 0 amide bonds. The number of hydrogen-bond acceptors (Lipinski definition) is 3. The number of aromatic nitrogens is 1. The predicted molar refractivity (Wildman–Crippen MR) is 77.1 cm³/mol. The molecule has 1 heterocycles. The quantitative estimate of drug-likeness (QED) is 0.880. The Morgan fingerprint density at radius 1 is 1.26 bits per heavy atom. The Balaban J connectivity index is 2.05. The van der Waals surface area contributed by atoms with Crippen LogP contribution in [0.4, 0.5) is 5.88 Å². The molecule has 4 heteroatoms. The molecule has 1 aromatic carbocycles. The Morgan fingerprint density at radius 3 is 2.63 bits per heavy atom. The standard InChI is InChI=1S/C15H17ClN2O/c1-9-3-2-4-12(9)14-13(15(17)19-18-14)10-5-7-11(16)8-6-10/h5-9,12H,2-4,17H2,1H3. The number of nitrogens with zero attached hydrogens (tertiary/aromatic N) is 1. The summed E-state index contributed by atoms with van der Waals surface area (Å²) in [7, 11) is 0. The van der Waals surface area contributed by atoms with Crippen molar-refractivity contribution in [3.8, 4) is 11.1 Å². The highest BCUT2D eigenvalue weighted by Crippen LogP contribution is 2.44. The van der Waals surface area contributed by atoms with Gasteiger partial charge in [0.1, 0.15) is 0 Å². The lowest BCUT2D eigenvalue weighted by atomic mass is 9.90. The molecule has 0 radical (unpaired) electrons. The number of halogens is 1. The first-order valence-electron chi connectivity index (χ1n) is 6.68. The number of nitrogen functional groups attached to an aromatic ring is 1. The molecule has 2 atom stereocenters. The van der Waals surface area contributed by atoms with Crippen LogP contribution in [0.5, 0.6) is 0 Å². The van der Waals surface area contributed by atoms with Crippen LogP contribution < -0.4 is 5.73 Å². The van der Waals surface area contributed by atoms with Gasteiger partial charge in [-0.1, -0.05) is 48.7 Å². The van der Waals surface area contributed by atoms with Crippen molar-refractivity contribution in [2.45, 2.75) is 32.1 Å². The van der Waals surface area contributed by atoms with Gasteiger partial charge < -0.3 is 10.3 Å². The van der Waals surface area contributed by atoms with E-state index in [1.54, 1.807) is 0 Å². The molecule has 2 N–H and O–H groups in total. The maximum Gasteiger partial charge on any atom is 0.230 e. The van der Waals surface area contributed by atoms with Crippen LogP contribution in [0.25, 0.3) is 11.1 Å². The summed E-state index contributed by atoms with van der Waals surface area (Å²) in [5.74, 6) is 1.48. The molecule has 1 aromatic heterocycles. The Bertz CT molecular complexity index is 576. The molecule has 2 aromatic rings. The summed E-state index contributed by atoms with van der Waals surface area (Å²) in [6, 6.07) is 7.67. The maximum absolute atomic E-state index is 5.96. The van der Waals surface area contributed by atoms with E-state index in [0.29, 0.717) is 17.7 Å². The number of hydrogen-bond donors (Lipinski definition) is 1. The van der Waals surface area contributed by atoms with Gasteiger partial charge in [0.2, 0.25) is 5.88 Å². The van der Waals surface area contributed by atoms with E-state index in [4.69, 9.17) is 21.9 Å². The molecular weight excluding hydrogens is 260 g/mol. The van der Waals surface area contributed by atoms with E-state index in [-0.39, 0.29) is 0 Å². The van der Waals surface area contributed by atoms with Crippen molar-refractivity contribution in [2.75, 3.05) is 5.73 Å². The fourth-order valence-corrected chi connectivity index (χ4v) is 3.15. The molecule has 100 valence electrons. The van der Waals surface area contributed by atoms with Crippen LogP contribution >= 0.6 is 11.6 Å². The summed E-state index contributed by atoms with van der Waals surface area (Å²) >= 11 is 5.93. The third kappa shape index (κ3) is 2.23. The number of benzene rings is 1. The van der Waals surface area contributed by atoms with E-state index in [9.17, 15) is 0 Å². The van der Waals surface area contributed by atoms with Gasteiger partial charge in [0.05, 0.1) is 11.3 Å². The first-order valence-corrected chi connectivity index (χ1v) is 7.05. The third-order valence-corrected chi connectivity index (χ3v) is 4.34. The molecule has 2 unspecified atom stereocenters. The first-order chi connectivity index (χ1) is 9.16. The normalized spacial score (nSPS) is 22.8. The summed E-state index contributed by atoms with van der Waals surface area (Å²) in [5, 5.41) is 4.93. The molecule has 3 nitrogen and oxygen atoms in total. The SMILES string of the molecule is CC1CCCC1c1noc(N)c1-c1ccc(Cl)cc1. The van der Waals surface area contributed by atoms with E-state index in [1.165, 1.54) is 12.8 Å². The monoisotopic (exact) mass is 276 g/mol. The first kappa shape index (κ1) is 12.5. The predicted octanol–water partition coefficient (Wildman–Crippen LogP) is 4.48. The van der Waals surface area contributed by atoms with Crippen LogP contribution in [0, 0.1) is 5.92 Å². The second-order valence-electron chi connectivity index (χ2n) is 5.33. The molecule has 1 fully saturated rings. The largest absolute Gasteiger partial charge is 0.367 e. The highest BCUT2D eigenvalue weighted by atomic mass is 35.5. The van der Waals surface area contributed by atoms with Crippen molar-refractivity contribution in [1.82, 2.24) is 5.16 Å². The average molecular weight is 277 g/mol. The van der Waals surface area contributed by atoms with Gasteiger partial charge in [-0.2, -0.15) is 0 Å². The zero-order valence-corrected chi connectivity index (χ0v) is 11.7. The van der Waals surface area contributed by atoms with Crippen LogP contribution in [0.15, 0.2) is 28.8 Å². The van der Waals surface area contributed by atoms with Gasteiger partial charge in [0.15, 0.2) is 0 Å². The smallest absolute Gasteiger partial charge is 0.230 e. The van der Waals surface area contributed by atoms with Gasteiger partial charge in [-0.05, 0) is 30.0 Å². The van der Waals surface area contributed by atoms with Gasteiger partial charge in [-0.3, -0.25) is 0 Å². The number of nitrogens with two attached hydrogens (primary N) is 1. The van der Waals surface area contributed by atoms with Crippen LogP contribution in [-0.4, -0.2) is 5.16 Å². The number of rotatable bonds is 2. The lowest BCUT2D eigenvalue weighted by Gasteiger charge is -2.13. The van der Waals surface area contributed by atoms with Crippen LogP contribution in [0.3, 0.4) is 0 Å². The van der Waals surface area contributed by atoms with Gasteiger partial charge in [-0.15, -0.1) is 0 Å². The number of anilines is 1. The maximum atomic E-state index is 5.96. The molecule has 0 bridgehead atoms. The Hall–Kier alpha value is -1.48. The Kier molecular flexibility index (Phi) is 3.23. The van der Waals surface area contributed by atoms with Crippen molar-refractivity contribution in [1.29, 1.82) is 0 Å². The molecule has 0 spiro atoms. The lowest BCUT2D eigenvalue weighted by Crippen LogP contribution is -2.04. The minimum atomic E-state index is 0.399. The fourth-order valence-electron chi connectivity index (χ4n) is 3.03. The molecule has 1 aliphatic rings. The zero-order chi connectivity index (χ0) is 13.4. The van der Waals surface area contributed by atoms with E-state index >= 15 is 0 Å². The van der Waals surface area contributed by atoms with Gasteiger partial charge >= 0.3 is 0 Å². The topological polar surface area (TPSA) is 52.0 Å². The second kappa shape index (κ2) is 4.89. The summed E-state index contributed by atoms with van der Waals surface area (Å²) in [5.41, 5.74) is 8.93. The molecule has 0 aliphatic heterocycles. The molecule has 0 saturated heterocycles. The summed E-state index contributed by atoms with van der Waals surface area (Å²) < 4.78 is 5.24. The van der Waals surface area contributed by atoms with E-state index < -0.39 is 0 Å². The van der Waals surface area contributed by atoms with Gasteiger partial charge in [0.25, 0.3) is 0 Å². The van der Waals surface area contributed by atoms with Crippen molar-refractivity contribution in [3.05, 3.63) is 35.0 Å². The summed E-state index contributed by atoms with van der Waals surface area (Å²) in [4.78, 5) is 0. The van der Waals surface area contributed by atoms with E-state index in [1.807, 2.05) is 24.3 Å². The van der Waals surface area contributed by atoms with Crippen molar-refractivity contribution < 1.29 is 4.52 Å². The van der Waals surface area contributed by atoms with Crippen molar-refractivity contribution >= 4 is 17.5 Å². The van der Waals surface area contributed by atoms with Crippen LogP contribution in [0.1, 0.15) is 37.8 Å². The Labute approximate surface area is 117 Å². The highest BCUT2D eigenvalue weighted by molar-refractivity contribution is 6.30. The van der Waals surface area contributed by atoms with Crippen LogP contribution in [0.2, 0.25) is 5.02 Å². The molecule has 19 heavy (non-hydrogen) atoms. The highest BCUT2D eigenvalue weighted by Gasteiger charge is 2.31. The van der Waals surface area contributed by atoms with Crippen molar-refractivity contribution in [3.63, 3.8) is 0 Å². The van der Waals surface area contributed by atoms with E-state index in [2.05, 4.69) is 12.1 Å². The molecular formula is C15H17ClN2O. The van der Waals surface area contributed by atoms with Crippen LogP contribution in [-0.2, 0) is 0 Å². The second-order valence-corrected chi connectivity index (χ2v) is 5.77.